The third kappa shape index (κ3) is 2.66. The topological polar surface area (TPSA) is 38.5 Å². The van der Waals surface area contributed by atoms with Crippen molar-refractivity contribution in [1.82, 2.24) is 4.90 Å². The van der Waals surface area contributed by atoms with Gasteiger partial charge >= 0.3 is 0 Å². The fraction of sp³-hybridized carbons (Fsp3) is 1.00. The fourth-order valence-electron chi connectivity index (χ4n) is 2.01. The van der Waals surface area contributed by atoms with Gasteiger partial charge in [-0.05, 0) is 39.8 Å². The Morgan fingerprint density at radius 3 is 2.77 bits per heavy atom. The molecular formula is C10H22N2O. The van der Waals surface area contributed by atoms with Crippen molar-refractivity contribution in [1.29, 1.82) is 0 Å². The Morgan fingerprint density at radius 2 is 2.23 bits per heavy atom. The van der Waals surface area contributed by atoms with Gasteiger partial charge in [0, 0.05) is 12.5 Å². The predicted octanol–water partition coefficient (Wildman–Crippen LogP) is 1.39. The van der Waals surface area contributed by atoms with Crippen LogP contribution in [0.2, 0.25) is 0 Å². The molecule has 3 heteroatoms. The summed E-state index contributed by atoms with van der Waals surface area (Å²) in [5.74, 6) is 5.88. The van der Waals surface area contributed by atoms with E-state index in [4.69, 9.17) is 10.7 Å². The molecule has 78 valence electrons. The first-order chi connectivity index (χ1) is 6.10. The Kier molecular flexibility index (Phi) is 3.71. The highest BCUT2D eigenvalue weighted by molar-refractivity contribution is 4.84. The average Bonchev–Trinajstić information content (AvgIpc) is 2.18. The lowest BCUT2D eigenvalue weighted by Crippen LogP contribution is -2.47. The molecule has 2 N–H and O–H groups in total. The molecule has 0 amide bonds. The van der Waals surface area contributed by atoms with Crippen LogP contribution in [0.3, 0.4) is 0 Å². The number of rotatable bonds is 3. The molecule has 0 aromatic carbocycles. The molecule has 0 radical (unpaired) electrons. The third-order valence-corrected chi connectivity index (χ3v) is 3.24. The summed E-state index contributed by atoms with van der Waals surface area (Å²) in [7, 11) is 0. The van der Waals surface area contributed by atoms with E-state index in [-0.39, 0.29) is 5.60 Å². The normalized spacial score (nSPS) is 26.3. The van der Waals surface area contributed by atoms with Gasteiger partial charge in [-0.15, -0.1) is 0 Å². The van der Waals surface area contributed by atoms with Crippen LogP contribution in [-0.4, -0.2) is 30.1 Å². The number of hydrogen-bond donors (Lipinski definition) is 1. The minimum Gasteiger partial charge on any atom is -0.303 e. The van der Waals surface area contributed by atoms with E-state index in [0.717, 1.165) is 13.1 Å². The maximum absolute atomic E-state index is 5.31. The monoisotopic (exact) mass is 186 g/mol. The molecule has 1 fully saturated rings. The van der Waals surface area contributed by atoms with Crippen LogP contribution in [-0.2, 0) is 4.84 Å². The highest BCUT2D eigenvalue weighted by atomic mass is 16.6. The highest BCUT2D eigenvalue weighted by Crippen LogP contribution is 2.28. The van der Waals surface area contributed by atoms with Crippen LogP contribution in [0.5, 0.6) is 0 Å². The molecule has 1 heterocycles. The third-order valence-electron chi connectivity index (χ3n) is 3.24. The molecule has 1 unspecified atom stereocenters. The van der Waals surface area contributed by atoms with Gasteiger partial charge in [-0.2, -0.15) is 0 Å². The summed E-state index contributed by atoms with van der Waals surface area (Å²) < 4.78 is 0. The second-order valence-corrected chi connectivity index (χ2v) is 4.45. The largest absolute Gasteiger partial charge is 0.303 e. The highest BCUT2D eigenvalue weighted by Gasteiger charge is 2.33. The van der Waals surface area contributed by atoms with Gasteiger partial charge < -0.3 is 4.90 Å². The Hall–Kier alpha value is -0.120. The van der Waals surface area contributed by atoms with E-state index in [1.807, 2.05) is 0 Å². The van der Waals surface area contributed by atoms with E-state index in [9.17, 15) is 0 Å². The first-order valence-electron chi connectivity index (χ1n) is 5.20. The lowest BCUT2D eigenvalue weighted by molar-refractivity contribution is -0.0813. The van der Waals surface area contributed by atoms with E-state index < -0.39 is 0 Å². The van der Waals surface area contributed by atoms with Gasteiger partial charge in [0.15, 0.2) is 0 Å². The minimum absolute atomic E-state index is 0.173. The summed E-state index contributed by atoms with van der Waals surface area (Å²) in [5.41, 5.74) is -0.173. The molecule has 0 bridgehead atoms. The van der Waals surface area contributed by atoms with Crippen LogP contribution < -0.4 is 5.90 Å². The van der Waals surface area contributed by atoms with Crippen molar-refractivity contribution in [2.45, 2.75) is 39.2 Å². The predicted molar refractivity (Wildman–Crippen MR) is 54.2 cm³/mol. The average molecular weight is 186 g/mol. The zero-order valence-electron chi connectivity index (χ0n) is 9.05. The maximum atomic E-state index is 5.31. The molecule has 0 aromatic heterocycles. The Labute approximate surface area is 81.2 Å². The van der Waals surface area contributed by atoms with Crippen LogP contribution in [0.1, 0.15) is 33.6 Å². The summed E-state index contributed by atoms with van der Waals surface area (Å²) in [4.78, 5) is 7.51. The van der Waals surface area contributed by atoms with Gasteiger partial charge in [0.2, 0.25) is 0 Å². The number of nitrogens with zero attached hydrogens (tertiary/aromatic N) is 1. The van der Waals surface area contributed by atoms with Crippen molar-refractivity contribution >= 4 is 0 Å². The van der Waals surface area contributed by atoms with Crippen molar-refractivity contribution in [2.24, 2.45) is 11.8 Å². The molecule has 1 aliphatic heterocycles. The molecule has 0 saturated carbocycles. The molecular weight excluding hydrogens is 164 g/mol. The maximum Gasteiger partial charge on any atom is 0.0878 e. The Balaban J connectivity index is 2.50. The first-order valence-corrected chi connectivity index (χ1v) is 5.20. The van der Waals surface area contributed by atoms with Crippen molar-refractivity contribution < 1.29 is 4.84 Å². The zero-order valence-corrected chi connectivity index (χ0v) is 9.05. The summed E-state index contributed by atoms with van der Waals surface area (Å²) in [6.07, 6.45) is 2.51. The van der Waals surface area contributed by atoms with Gasteiger partial charge in [-0.3, -0.25) is 4.84 Å². The van der Waals surface area contributed by atoms with E-state index in [1.54, 1.807) is 0 Å². The smallest absolute Gasteiger partial charge is 0.0878 e. The molecule has 0 spiro atoms. The van der Waals surface area contributed by atoms with E-state index >= 15 is 0 Å². The van der Waals surface area contributed by atoms with E-state index in [0.29, 0.717) is 5.92 Å². The fourth-order valence-corrected chi connectivity index (χ4v) is 2.01. The SMILES string of the molecule is CCN1CCCC(C(C)(C)ON)C1. The number of nitrogens with two attached hydrogens (primary N) is 1. The molecule has 0 aromatic rings. The quantitative estimate of drug-likeness (QED) is 0.677. The van der Waals surface area contributed by atoms with E-state index in [2.05, 4.69) is 25.7 Å². The van der Waals surface area contributed by atoms with Crippen LogP contribution in [0.15, 0.2) is 0 Å². The van der Waals surface area contributed by atoms with Gasteiger partial charge in [0.05, 0.1) is 5.60 Å². The zero-order chi connectivity index (χ0) is 9.90. The molecule has 13 heavy (non-hydrogen) atoms. The number of likely N-dealkylation sites (tertiary alicyclic amines) is 1. The molecule has 1 rings (SSSR count). The summed E-state index contributed by atoms with van der Waals surface area (Å²) in [6.45, 7) is 9.86. The van der Waals surface area contributed by atoms with Gasteiger partial charge in [0.1, 0.15) is 0 Å². The van der Waals surface area contributed by atoms with Crippen LogP contribution in [0.25, 0.3) is 0 Å². The lowest BCUT2D eigenvalue weighted by atomic mass is 9.84. The number of piperidine rings is 1. The van der Waals surface area contributed by atoms with Crippen LogP contribution >= 0.6 is 0 Å². The Bertz CT molecular complexity index is 159. The standard InChI is InChI=1S/C10H22N2O/c1-4-12-7-5-6-9(8-12)10(2,3)13-11/h9H,4-8,11H2,1-3H3. The van der Waals surface area contributed by atoms with Gasteiger partial charge in [-0.25, -0.2) is 5.90 Å². The van der Waals surface area contributed by atoms with Crippen molar-refractivity contribution in [3.05, 3.63) is 0 Å². The lowest BCUT2D eigenvalue weighted by Gasteiger charge is -2.39. The van der Waals surface area contributed by atoms with Crippen molar-refractivity contribution in [3.8, 4) is 0 Å². The molecule has 1 atom stereocenters. The second kappa shape index (κ2) is 4.40. The van der Waals surface area contributed by atoms with Crippen LogP contribution in [0.4, 0.5) is 0 Å². The molecule has 1 saturated heterocycles. The van der Waals surface area contributed by atoms with Crippen molar-refractivity contribution in [2.75, 3.05) is 19.6 Å². The minimum atomic E-state index is -0.173. The number of hydrogen-bond acceptors (Lipinski definition) is 3. The van der Waals surface area contributed by atoms with Crippen molar-refractivity contribution in [3.63, 3.8) is 0 Å². The molecule has 3 nitrogen and oxygen atoms in total. The summed E-state index contributed by atoms with van der Waals surface area (Å²) in [6, 6.07) is 0. The van der Waals surface area contributed by atoms with E-state index in [1.165, 1.54) is 19.4 Å². The Morgan fingerprint density at radius 1 is 1.54 bits per heavy atom. The van der Waals surface area contributed by atoms with Gasteiger partial charge in [-0.1, -0.05) is 6.92 Å². The summed E-state index contributed by atoms with van der Waals surface area (Å²) >= 11 is 0. The second-order valence-electron chi connectivity index (χ2n) is 4.45. The molecule has 0 aliphatic carbocycles. The van der Waals surface area contributed by atoms with Crippen LogP contribution in [0, 0.1) is 5.92 Å². The summed E-state index contributed by atoms with van der Waals surface area (Å²) in [5, 5.41) is 0. The molecule has 1 aliphatic rings. The first kappa shape index (κ1) is 11.0. The van der Waals surface area contributed by atoms with Gasteiger partial charge in [0.25, 0.3) is 0 Å².